The fourth-order valence-electron chi connectivity index (χ4n) is 5.58. The molecule has 0 amide bonds. The van der Waals surface area contributed by atoms with Gasteiger partial charge < -0.3 is 23.7 Å². The molecular weight excluding hydrogens is 566 g/mol. The Morgan fingerprint density at radius 2 is 1.64 bits per heavy atom. The summed E-state index contributed by atoms with van der Waals surface area (Å²) in [5.74, 6) is 0.617. The lowest BCUT2D eigenvalue weighted by molar-refractivity contribution is -0.139. The lowest BCUT2D eigenvalue weighted by Gasteiger charge is -2.38. The molecule has 1 aliphatic carbocycles. The predicted molar refractivity (Wildman–Crippen MR) is 151 cm³/mol. The van der Waals surface area contributed by atoms with Gasteiger partial charge in [0.25, 0.3) is 0 Å². The molecule has 2 aromatic rings. The quantitative estimate of drug-likeness (QED) is 0.326. The van der Waals surface area contributed by atoms with Crippen LogP contribution in [0.3, 0.4) is 0 Å². The zero-order valence-corrected chi connectivity index (χ0v) is 24.7. The van der Waals surface area contributed by atoms with Gasteiger partial charge >= 0.3 is 5.97 Å². The van der Waals surface area contributed by atoms with Crippen LogP contribution in [0, 0.1) is 5.92 Å². The van der Waals surface area contributed by atoms with E-state index in [0.29, 0.717) is 58.2 Å². The van der Waals surface area contributed by atoms with Crippen LogP contribution < -0.4 is 18.9 Å². The van der Waals surface area contributed by atoms with Crippen molar-refractivity contribution >= 4 is 33.4 Å². The molecular formula is C30H34BrNO7. The number of methoxy groups -OCH3 is 3. The third-order valence-electron chi connectivity index (χ3n) is 7.22. The van der Waals surface area contributed by atoms with Gasteiger partial charge in [0.2, 0.25) is 0 Å². The van der Waals surface area contributed by atoms with Crippen molar-refractivity contribution in [1.29, 1.82) is 0 Å². The van der Waals surface area contributed by atoms with Crippen molar-refractivity contribution in [3.8, 4) is 23.0 Å². The first-order valence-corrected chi connectivity index (χ1v) is 13.8. The minimum atomic E-state index is -0.598. The van der Waals surface area contributed by atoms with Gasteiger partial charge in [0.1, 0.15) is 5.78 Å². The van der Waals surface area contributed by atoms with Crippen LogP contribution in [0.4, 0.5) is 0 Å². The molecule has 1 fully saturated rings. The molecule has 0 N–H and O–H groups in total. The summed E-state index contributed by atoms with van der Waals surface area (Å²) in [6.07, 6.45) is 0.881. The Morgan fingerprint density at radius 3 is 2.28 bits per heavy atom. The Morgan fingerprint density at radius 1 is 0.923 bits per heavy atom. The number of aliphatic imine (C=N–C) groups is 1. The van der Waals surface area contributed by atoms with Crippen molar-refractivity contribution in [3.05, 3.63) is 57.2 Å². The zero-order valence-electron chi connectivity index (χ0n) is 23.1. The largest absolute Gasteiger partial charge is 0.493 e. The minimum absolute atomic E-state index is 0.0176. The standard InChI is InChI=1S/C30H34BrNO7/c1-7-38-25-15-19(11-20(31)29(25)37-6)27-26(30(34)39-8-2)16(3)32-21-12-18(13-22(33)28(21)27)17-9-10-23(35-4)24(14-17)36-5/h9-11,14-15,18,27-28H,7-8,12-13H2,1-6H3/t18-,27+,28?/m0/s1. The first-order chi connectivity index (χ1) is 18.8. The highest BCUT2D eigenvalue weighted by Gasteiger charge is 2.46. The summed E-state index contributed by atoms with van der Waals surface area (Å²) in [6.45, 7) is 6.10. The molecule has 8 nitrogen and oxygen atoms in total. The van der Waals surface area contributed by atoms with Crippen LogP contribution in [-0.4, -0.2) is 52.0 Å². The van der Waals surface area contributed by atoms with Crippen LogP contribution in [0.2, 0.25) is 0 Å². The van der Waals surface area contributed by atoms with Crippen LogP contribution in [-0.2, 0) is 14.3 Å². The highest BCUT2D eigenvalue weighted by atomic mass is 79.9. The maximum absolute atomic E-state index is 13.9. The van der Waals surface area contributed by atoms with E-state index in [2.05, 4.69) is 15.9 Å². The number of Topliss-reactive ketones (excluding diaryl/α,β-unsaturated/α-hetero) is 1. The lowest BCUT2D eigenvalue weighted by atomic mass is 9.66. The maximum atomic E-state index is 13.9. The SMILES string of the molecule is CCOC(=O)C1=C(C)N=C2C[C@H](c3ccc(OC)c(OC)c3)CC(=O)C2[C@@H]1c1cc(Br)c(OC)c(OCC)c1. The number of fused-ring (bicyclic) bond motifs is 1. The van der Waals surface area contributed by atoms with E-state index in [9.17, 15) is 9.59 Å². The number of carbonyl (C=O) groups excluding carboxylic acids is 2. The average Bonchev–Trinajstić information content (AvgIpc) is 2.91. The van der Waals surface area contributed by atoms with Gasteiger partial charge in [-0.3, -0.25) is 9.79 Å². The molecule has 0 saturated heterocycles. The van der Waals surface area contributed by atoms with Crippen molar-refractivity contribution < 1.29 is 33.3 Å². The van der Waals surface area contributed by atoms with E-state index in [1.807, 2.05) is 37.3 Å². The summed E-state index contributed by atoms with van der Waals surface area (Å²) in [6, 6.07) is 9.46. The van der Waals surface area contributed by atoms with Crippen LogP contribution in [0.5, 0.6) is 23.0 Å². The van der Waals surface area contributed by atoms with Gasteiger partial charge in [0, 0.05) is 23.7 Å². The van der Waals surface area contributed by atoms with Gasteiger partial charge in [-0.05, 0) is 84.4 Å². The maximum Gasteiger partial charge on any atom is 0.336 e. The summed E-state index contributed by atoms with van der Waals surface area (Å²) >= 11 is 3.59. The molecule has 1 saturated carbocycles. The highest BCUT2D eigenvalue weighted by molar-refractivity contribution is 9.10. The third kappa shape index (κ3) is 5.55. The normalized spacial score (nSPS) is 20.6. The Bertz CT molecular complexity index is 1330. The van der Waals surface area contributed by atoms with Crippen LogP contribution in [0.25, 0.3) is 0 Å². The fraction of sp³-hybridized carbons (Fsp3) is 0.433. The Balaban J connectivity index is 1.82. The van der Waals surface area contributed by atoms with E-state index in [0.717, 1.165) is 16.8 Å². The predicted octanol–water partition coefficient (Wildman–Crippen LogP) is 6.01. The summed E-state index contributed by atoms with van der Waals surface area (Å²) in [7, 11) is 4.75. The second-order valence-electron chi connectivity index (χ2n) is 9.43. The topological polar surface area (TPSA) is 92.7 Å². The number of nitrogens with zero attached hydrogens (tertiary/aromatic N) is 1. The van der Waals surface area contributed by atoms with Crippen molar-refractivity contribution in [2.75, 3.05) is 34.5 Å². The van der Waals surface area contributed by atoms with E-state index in [1.54, 1.807) is 35.2 Å². The number of carbonyl (C=O) groups is 2. The molecule has 2 aromatic carbocycles. The molecule has 0 spiro atoms. The molecule has 0 radical (unpaired) electrons. The van der Waals surface area contributed by atoms with Gasteiger partial charge in [0.15, 0.2) is 23.0 Å². The third-order valence-corrected chi connectivity index (χ3v) is 7.81. The molecule has 208 valence electrons. The Kier molecular flexibility index (Phi) is 9.00. The smallest absolute Gasteiger partial charge is 0.336 e. The van der Waals surface area contributed by atoms with E-state index < -0.39 is 17.8 Å². The second kappa shape index (κ2) is 12.2. The van der Waals surface area contributed by atoms with E-state index >= 15 is 0 Å². The molecule has 0 aromatic heterocycles. The molecule has 9 heteroatoms. The number of benzene rings is 2. The number of hydrogen-bond donors (Lipinski definition) is 0. The molecule has 4 rings (SSSR count). The summed E-state index contributed by atoms with van der Waals surface area (Å²) < 4.78 is 28.4. The molecule has 1 unspecified atom stereocenters. The average molecular weight is 601 g/mol. The number of allylic oxidation sites excluding steroid dienone is 1. The Hall–Kier alpha value is -3.33. The van der Waals surface area contributed by atoms with E-state index in [-0.39, 0.29) is 18.3 Å². The van der Waals surface area contributed by atoms with Crippen LogP contribution in [0.1, 0.15) is 56.6 Å². The second-order valence-corrected chi connectivity index (χ2v) is 10.3. The van der Waals surface area contributed by atoms with Crippen molar-refractivity contribution in [2.45, 2.75) is 45.4 Å². The molecule has 3 atom stereocenters. The Labute approximate surface area is 237 Å². The van der Waals surface area contributed by atoms with Crippen molar-refractivity contribution in [1.82, 2.24) is 0 Å². The van der Waals surface area contributed by atoms with Crippen LogP contribution >= 0.6 is 15.9 Å². The number of rotatable bonds is 9. The highest BCUT2D eigenvalue weighted by Crippen LogP contribution is 2.49. The summed E-state index contributed by atoms with van der Waals surface area (Å²) in [4.78, 5) is 32.0. The van der Waals surface area contributed by atoms with Crippen molar-refractivity contribution in [3.63, 3.8) is 0 Å². The van der Waals surface area contributed by atoms with Crippen molar-refractivity contribution in [2.24, 2.45) is 10.9 Å². The van der Waals surface area contributed by atoms with E-state index in [1.165, 1.54) is 0 Å². The molecule has 2 aliphatic rings. The number of esters is 1. The first kappa shape index (κ1) is 28.7. The van der Waals surface area contributed by atoms with Gasteiger partial charge in [-0.2, -0.15) is 0 Å². The van der Waals surface area contributed by atoms with E-state index in [4.69, 9.17) is 28.7 Å². The molecule has 1 heterocycles. The lowest BCUT2D eigenvalue weighted by Crippen LogP contribution is -2.41. The fourth-order valence-corrected chi connectivity index (χ4v) is 6.20. The molecule has 0 bridgehead atoms. The summed E-state index contributed by atoms with van der Waals surface area (Å²) in [5.41, 5.74) is 3.43. The van der Waals surface area contributed by atoms with Gasteiger partial charge in [-0.1, -0.05) is 6.07 Å². The van der Waals surface area contributed by atoms with Gasteiger partial charge in [-0.15, -0.1) is 0 Å². The molecule has 1 aliphatic heterocycles. The number of ketones is 1. The monoisotopic (exact) mass is 599 g/mol. The molecule has 39 heavy (non-hydrogen) atoms. The zero-order chi connectivity index (χ0) is 28.3. The summed E-state index contributed by atoms with van der Waals surface area (Å²) in [5, 5.41) is 0. The van der Waals surface area contributed by atoms with Crippen LogP contribution in [0.15, 0.2) is 51.1 Å². The number of hydrogen-bond acceptors (Lipinski definition) is 8. The first-order valence-electron chi connectivity index (χ1n) is 13.0. The number of ether oxygens (including phenoxy) is 5. The number of halogens is 1. The van der Waals surface area contributed by atoms with Gasteiger partial charge in [0.05, 0.1) is 50.5 Å². The van der Waals surface area contributed by atoms with Gasteiger partial charge in [-0.25, -0.2) is 4.79 Å². The minimum Gasteiger partial charge on any atom is -0.493 e.